The van der Waals surface area contributed by atoms with E-state index in [1.165, 1.54) is 5.56 Å². The topological polar surface area (TPSA) is 49.6 Å². The van der Waals surface area contributed by atoms with E-state index in [0.29, 0.717) is 6.42 Å². The summed E-state index contributed by atoms with van der Waals surface area (Å²) in [5, 5.41) is 0.769. The number of nitrogens with two attached hydrogens (primary N) is 1. The van der Waals surface area contributed by atoms with Crippen LogP contribution in [-0.4, -0.2) is 47.9 Å². The molecule has 2 N–H and O–H groups in total. The molecule has 4 nitrogen and oxygen atoms in total. The number of benzene rings is 1. The van der Waals surface area contributed by atoms with Gasteiger partial charge in [-0.3, -0.25) is 9.69 Å². The molecule has 0 radical (unpaired) electrons. The normalized spacial score (nSPS) is 18.0. The van der Waals surface area contributed by atoms with E-state index in [4.69, 9.17) is 17.3 Å². The number of nitrogens with zero attached hydrogens (tertiary/aromatic N) is 2. The van der Waals surface area contributed by atoms with Crippen LogP contribution >= 0.6 is 11.6 Å². The summed E-state index contributed by atoms with van der Waals surface area (Å²) in [6.07, 6.45) is 2.36. The average molecular weight is 324 g/mol. The first-order chi connectivity index (χ1) is 10.5. The number of rotatable bonds is 5. The number of carbonyl (C=O) groups is 1. The third-order valence-electron chi connectivity index (χ3n) is 4.07. The Morgan fingerprint density at radius 1 is 1.23 bits per heavy atom. The van der Waals surface area contributed by atoms with Crippen LogP contribution in [0.15, 0.2) is 24.3 Å². The van der Waals surface area contributed by atoms with Gasteiger partial charge in [-0.15, -0.1) is 0 Å². The molecule has 1 atom stereocenters. The lowest BCUT2D eigenvalue weighted by atomic mass is 10.2. The molecule has 1 saturated heterocycles. The van der Waals surface area contributed by atoms with Crippen molar-refractivity contribution >= 4 is 17.5 Å². The smallest absolute Gasteiger partial charge is 0.222 e. The largest absolute Gasteiger partial charge is 0.341 e. The van der Waals surface area contributed by atoms with E-state index >= 15 is 0 Å². The molecule has 1 aliphatic heterocycles. The van der Waals surface area contributed by atoms with E-state index in [9.17, 15) is 4.79 Å². The predicted molar refractivity (Wildman–Crippen MR) is 90.8 cm³/mol. The summed E-state index contributed by atoms with van der Waals surface area (Å²) in [5.74, 6) is 0.241. The quantitative estimate of drug-likeness (QED) is 0.905. The van der Waals surface area contributed by atoms with Gasteiger partial charge < -0.3 is 10.6 Å². The molecule has 1 amide bonds. The van der Waals surface area contributed by atoms with Crippen molar-refractivity contribution in [2.45, 2.75) is 38.8 Å². The van der Waals surface area contributed by atoms with E-state index in [-0.39, 0.29) is 11.9 Å². The fraction of sp³-hybridized carbons (Fsp3) is 0.588. The van der Waals surface area contributed by atoms with Crippen LogP contribution in [-0.2, 0) is 11.3 Å². The monoisotopic (exact) mass is 323 g/mol. The summed E-state index contributed by atoms with van der Waals surface area (Å²) in [6.45, 7) is 6.48. The molecule has 22 heavy (non-hydrogen) atoms. The van der Waals surface area contributed by atoms with E-state index < -0.39 is 0 Å². The first kappa shape index (κ1) is 17.3. The Morgan fingerprint density at radius 2 is 1.95 bits per heavy atom. The highest BCUT2D eigenvalue weighted by molar-refractivity contribution is 6.30. The number of hydrogen-bond acceptors (Lipinski definition) is 3. The third kappa shape index (κ3) is 5.59. The Hall–Kier alpha value is -1.10. The molecule has 0 aromatic heterocycles. The minimum atomic E-state index is 0.0948. The molecule has 1 aromatic rings. The van der Waals surface area contributed by atoms with E-state index in [0.717, 1.165) is 50.6 Å². The summed E-state index contributed by atoms with van der Waals surface area (Å²) >= 11 is 5.92. The lowest BCUT2D eigenvalue weighted by molar-refractivity contribution is -0.131. The highest BCUT2D eigenvalue weighted by Crippen LogP contribution is 2.13. The molecule has 122 valence electrons. The van der Waals surface area contributed by atoms with E-state index in [1.54, 1.807) is 0 Å². The van der Waals surface area contributed by atoms with Crippen molar-refractivity contribution in [3.8, 4) is 0 Å². The van der Waals surface area contributed by atoms with Crippen molar-refractivity contribution in [1.82, 2.24) is 9.80 Å². The summed E-state index contributed by atoms with van der Waals surface area (Å²) in [4.78, 5) is 16.6. The molecule has 0 saturated carbocycles. The standard InChI is InChI=1S/C17H26ClN3O/c1-14(19)3-8-17(22)21-10-2-9-20(11-12-21)13-15-4-6-16(18)7-5-15/h4-7,14H,2-3,8-13,19H2,1H3. The lowest BCUT2D eigenvalue weighted by Gasteiger charge is -2.22. The first-order valence-corrected chi connectivity index (χ1v) is 8.42. The van der Waals surface area contributed by atoms with Gasteiger partial charge in [0, 0.05) is 50.2 Å². The molecular weight excluding hydrogens is 298 g/mol. The van der Waals surface area contributed by atoms with Gasteiger partial charge in [0.25, 0.3) is 0 Å². The van der Waals surface area contributed by atoms with Crippen LogP contribution in [0.1, 0.15) is 31.7 Å². The lowest BCUT2D eigenvalue weighted by Crippen LogP contribution is -2.35. The van der Waals surface area contributed by atoms with Gasteiger partial charge in [0.2, 0.25) is 5.91 Å². The zero-order valence-corrected chi connectivity index (χ0v) is 14.1. The predicted octanol–water partition coefficient (Wildman–Crippen LogP) is 2.50. The number of halogens is 1. The van der Waals surface area contributed by atoms with Gasteiger partial charge in [0.1, 0.15) is 0 Å². The molecular formula is C17H26ClN3O. The van der Waals surface area contributed by atoms with Crippen LogP contribution < -0.4 is 5.73 Å². The van der Waals surface area contributed by atoms with Crippen molar-refractivity contribution in [3.05, 3.63) is 34.9 Å². The van der Waals surface area contributed by atoms with Gasteiger partial charge in [0.15, 0.2) is 0 Å². The second-order valence-corrected chi connectivity index (χ2v) is 6.59. The van der Waals surface area contributed by atoms with Crippen LogP contribution in [0.5, 0.6) is 0 Å². The Morgan fingerprint density at radius 3 is 2.64 bits per heavy atom. The molecule has 1 aromatic carbocycles. The SMILES string of the molecule is CC(N)CCC(=O)N1CCCN(Cc2ccc(Cl)cc2)CC1. The fourth-order valence-corrected chi connectivity index (χ4v) is 2.86. The fourth-order valence-electron chi connectivity index (χ4n) is 2.74. The van der Waals surface area contributed by atoms with Gasteiger partial charge in [-0.2, -0.15) is 0 Å². The average Bonchev–Trinajstić information content (AvgIpc) is 2.73. The summed E-state index contributed by atoms with van der Waals surface area (Å²) < 4.78 is 0. The van der Waals surface area contributed by atoms with E-state index in [1.807, 2.05) is 24.0 Å². The number of hydrogen-bond donors (Lipinski definition) is 1. The maximum atomic E-state index is 12.2. The van der Waals surface area contributed by atoms with Gasteiger partial charge in [-0.1, -0.05) is 23.7 Å². The Balaban J connectivity index is 1.81. The van der Waals surface area contributed by atoms with Gasteiger partial charge >= 0.3 is 0 Å². The van der Waals surface area contributed by atoms with Crippen molar-refractivity contribution < 1.29 is 4.79 Å². The molecule has 2 rings (SSSR count). The molecule has 1 aliphatic rings. The van der Waals surface area contributed by atoms with Gasteiger partial charge in [-0.05, 0) is 37.5 Å². The minimum absolute atomic E-state index is 0.0948. The van der Waals surface area contributed by atoms with E-state index in [2.05, 4.69) is 17.0 Å². The zero-order valence-electron chi connectivity index (χ0n) is 13.3. The van der Waals surface area contributed by atoms with Crippen LogP contribution in [0.4, 0.5) is 0 Å². The maximum Gasteiger partial charge on any atom is 0.222 e. The van der Waals surface area contributed by atoms with Crippen molar-refractivity contribution in [2.24, 2.45) is 5.73 Å². The maximum absolute atomic E-state index is 12.2. The Kier molecular flexibility index (Phi) is 6.68. The Bertz CT molecular complexity index is 475. The molecule has 1 fully saturated rings. The summed E-state index contributed by atoms with van der Waals surface area (Å²) in [6, 6.07) is 8.09. The minimum Gasteiger partial charge on any atom is -0.341 e. The second-order valence-electron chi connectivity index (χ2n) is 6.15. The van der Waals surface area contributed by atoms with Crippen LogP contribution in [0.3, 0.4) is 0 Å². The molecule has 0 spiro atoms. The van der Waals surface area contributed by atoms with Crippen LogP contribution in [0, 0.1) is 0 Å². The van der Waals surface area contributed by atoms with Crippen molar-refractivity contribution in [3.63, 3.8) is 0 Å². The van der Waals surface area contributed by atoms with Crippen LogP contribution in [0.25, 0.3) is 0 Å². The highest BCUT2D eigenvalue weighted by Gasteiger charge is 2.19. The highest BCUT2D eigenvalue weighted by atomic mass is 35.5. The van der Waals surface area contributed by atoms with Crippen molar-refractivity contribution in [1.29, 1.82) is 0 Å². The molecule has 0 aliphatic carbocycles. The molecule has 0 bridgehead atoms. The van der Waals surface area contributed by atoms with Crippen LogP contribution in [0.2, 0.25) is 5.02 Å². The number of amides is 1. The zero-order chi connectivity index (χ0) is 15.9. The molecule has 1 heterocycles. The Labute approximate surface area is 138 Å². The number of carbonyl (C=O) groups excluding carboxylic acids is 1. The molecule has 5 heteroatoms. The van der Waals surface area contributed by atoms with Crippen molar-refractivity contribution in [2.75, 3.05) is 26.2 Å². The summed E-state index contributed by atoms with van der Waals surface area (Å²) in [5.41, 5.74) is 7.00. The first-order valence-electron chi connectivity index (χ1n) is 8.05. The third-order valence-corrected chi connectivity index (χ3v) is 4.33. The second kappa shape index (κ2) is 8.51. The molecule has 1 unspecified atom stereocenters. The van der Waals surface area contributed by atoms with Gasteiger partial charge in [0.05, 0.1) is 0 Å². The summed E-state index contributed by atoms with van der Waals surface area (Å²) in [7, 11) is 0. The van der Waals surface area contributed by atoms with Gasteiger partial charge in [-0.25, -0.2) is 0 Å².